The monoisotopic (exact) mass is 322 g/mol. The Bertz CT molecular complexity index is 710. The van der Waals surface area contributed by atoms with Gasteiger partial charge in [0.1, 0.15) is 0 Å². The summed E-state index contributed by atoms with van der Waals surface area (Å²) in [4.78, 5) is 26.3. The number of aryl methyl sites for hydroxylation is 1. The van der Waals surface area contributed by atoms with Crippen LogP contribution in [0.5, 0.6) is 0 Å². The summed E-state index contributed by atoms with van der Waals surface area (Å²) in [6.07, 6.45) is 0.298. The number of hydrogen-bond acceptors (Lipinski definition) is 2. The van der Waals surface area contributed by atoms with Gasteiger partial charge in [0.2, 0.25) is 11.8 Å². The van der Waals surface area contributed by atoms with Gasteiger partial charge in [-0.1, -0.05) is 60.2 Å². The Kier molecular flexibility index (Phi) is 4.94. The largest absolute Gasteiger partial charge is 0.352 e. The number of amides is 2. The van der Waals surface area contributed by atoms with Crippen molar-refractivity contribution < 1.29 is 9.59 Å². The normalized spacial score (nSPS) is 17.1. The molecule has 1 aliphatic heterocycles. The Hall–Kier alpha value is -2.62. The fourth-order valence-corrected chi connectivity index (χ4v) is 2.94. The summed E-state index contributed by atoms with van der Waals surface area (Å²) in [6, 6.07) is 17.9. The molecule has 24 heavy (non-hydrogen) atoms. The molecule has 0 bridgehead atoms. The molecule has 2 amide bonds. The fourth-order valence-electron chi connectivity index (χ4n) is 2.94. The van der Waals surface area contributed by atoms with Crippen LogP contribution in [0.1, 0.15) is 23.1 Å². The molecule has 1 heterocycles. The van der Waals surface area contributed by atoms with Crippen molar-refractivity contribution in [3.8, 4) is 0 Å². The first-order valence-electron chi connectivity index (χ1n) is 8.27. The molecule has 1 N–H and O–H groups in total. The first-order valence-corrected chi connectivity index (χ1v) is 8.27. The van der Waals surface area contributed by atoms with E-state index in [0.717, 1.165) is 11.1 Å². The average Bonchev–Trinajstić information content (AvgIpc) is 2.96. The quantitative estimate of drug-likeness (QED) is 0.920. The molecule has 3 rings (SSSR count). The zero-order valence-electron chi connectivity index (χ0n) is 13.9. The highest BCUT2D eigenvalue weighted by Gasteiger charge is 2.34. The number of likely N-dealkylation sites (tertiary alicyclic amines) is 1. The molecule has 0 aromatic heterocycles. The highest BCUT2D eigenvalue weighted by atomic mass is 16.2. The predicted octanol–water partition coefficient (Wildman–Crippen LogP) is 2.66. The van der Waals surface area contributed by atoms with Crippen molar-refractivity contribution in [2.45, 2.75) is 26.4 Å². The molecule has 0 spiro atoms. The Morgan fingerprint density at radius 3 is 2.50 bits per heavy atom. The maximum Gasteiger partial charge on any atom is 0.225 e. The van der Waals surface area contributed by atoms with Gasteiger partial charge >= 0.3 is 0 Å². The van der Waals surface area contributed by atoms with E-state index in [1.807, 2.05) is 61.5 Å². The summed E-state index contributed by atoms with van der Waals surface area (Å²) in [5.41, 5.74) is 3.36. The first kappa shape index (κ1) is 16.2. The number of carbonyl (C=O) groups is 2. The third kappa shape index (κ3) is 4.02. The molecule has 0 aliphatic carbocycles. The summed E-state index contributed by atoms with van der Waals surface area (Å²) in [7, 11) is 0. The van der Waals surface area contributed by atoms with Crippen molar-refractivity contribution in [2.75, 3.05) is 6.54 Å². The minimum absolute atomic E-state index is 0.0430. The minimum Gasteiger partial charge on any atom is -0.352 e. The van der Waals surface area contributed by atoms with Gasteiger partial charge in [-0.3, -0.25) is 9.59 Å². The smallest absolute Gasteiger partial charge is 0.225 e. The zero-order valence-corrected chi connectivity index (χ0v) is 13.9. The summed E-state index contributed by atoms with van der Waals surface area (Å²) in [5.74, 6) is -0.249. The van der Waals surface area contributed by atoms with Gasteiger partial charge in [0, 0.05) is 26.1 Å². The maximum atomic E-state index is 12.3. The molecule has 1 fully saturated rings. The van der Waals surface area contributed by atoms with Gasteiger partial charge in [0.05, 0.1) is 5.92 Å². The van der Waals surface area contributed by atoms with Crippen LogP contribution in [0.25, 0.3) is 0 Å². The van der Waals surface area contributed by atoms with E-state index in [-0.39, 0.29) is 17.7 Å². The lowest BCUT2D eigenvalue weighted by atomic mass is 10.1. The summed E-state index contributed by atoms with van der Waals surface area (Å²) < 4.78 is 0. The van der Waals surface area contributed by atoms with Gasteiger partial charge in [-0.2, -0.15) is 0 Å². The molecule has 1 saturated heterocycles. The van der Waals surface area contributed by atoms with Crippen molar-refractivity contribution in [1.29, 1.82) is 0 Å². The molecule has 2 aromatic carbocycles. The SMILES string of the molecule is Cc1ccc(CN2C[C@@H](C(=O)NCc3ccccc3)CC2=O)cc1. The van der Waals surface area contributed by atoms with E-state index in [0.29, 0.717) is 26.1 Å². The zero-order chi connectivity index (χ0) is 16.9. The molecule has 2 aromatic rings. The van der Waals surface area contributed by atoms with Gasteiger partial charge < -0.3 is 10.2 Å². The Labute approximate surface area is 142 Å². The highest BCUT2D eigenvalue weighted by Crippen LogP contribution is 2.20. The van der Waals surface area contributed by atoms with Crippen LogP contribution in [0.4, 0.5) is 0 Å². The predicted molar refractivity (Wildman–Crippen MR) is 93.0 cm³/mol. The first-order chi connectivity index (χ1) is 11.6. The minimum atomic E-state index is -0.258. The Morgan fingerprint density at radius 2 is 1.79 bits per heavy atom. The average molecular weight is 322 g/mol. The number of nitrogens with zero attached hydrogens (tertiary/aromatic N) is 1. The number of hydrogen-bond donors (Lipinski definition) is 1. The second-order valence-corrected chi connectivity index (χ2v) is 6.36. The van der Waals surface area contributed by atoms with E-state index in [1.165, 1.54) is 5.56 Å². The summed E-state index contributed by atoms with van der Waals surface area (Å²) in [5, 5.41) is 2.94. The van der Waals surface area contributed by atoms with E-state index < -0.39 is 0 Å². The van der Waals surface area contributed by atoms with E-state index in [2.05, 4.69) is 5.32 Å². The van der Waals surface area contributed by atoms with Crippen LogP contribution >= 0.6 is 0 Å². The molecule has 1 atom stereocenters. The number of carbonyl (C=O) groups excluding carboxylic acids is 2. The molecular weight excluding hydrogens is 300 g/mol. The van der Waals surface area contributed by atoms with Crippen LogP contribution in [0.3, 0.4) is 0 Å². The Balaban J connectivity index is 1.53. The van der Waals surface area contributed by atoms with Crippen molar-refractivity contribution in [2.24, 2.45) is 5.92 Å². The standard InChI is InChI=1S/C20H22N2O2/c1-15-7-9-17(10-8-15)13-22-14-18(11-19(22)23)20(24)21-12-16-5-3-2-4-6-16/h2-10,18H,11-14H2,1H3,(H,21,24)/t18-/m0/s1. The van der Waals surface area contributed by atoms with E-state index in [4.69, 9.17) is 0 Å². The van der Waals surface area contributed by atoms with Crippen molar-refractivity contribution >= 4 is 11.8 Å². The van der Waals surface area contributed by atoms with Crippen molar-refractivity contribution in [3.63, 3.8) is 0 Å². The van der Waals surface area contributed by atoms with Crippen LogP contribution in [0, 0.1) is 12.8 Å². The molecule has 4 heteroatoms. The molecule has 124 valence electrons. The Morgan fingerprint density at radius 1 is 1.08 bits per heavy atom. The third-order valence-corrected chi connectivity index (χ3v) is 4.39. The molecule has 1 aliphatic rings. The molecule has 0 saturated carbocycles. The van der Waals surface area contributed by atoms with E-state index in [9.17, 15) is 9.59 Å². The molecule has 0 unspecified atom stereocenters. The van der Waals surface area contributed by atoms with Gasteiger partial charge in [0.25, 0.3) is 0 Å². The third-order valence-electron chi connectivity index (χ3n) is 4.39. The van der Waals surface area contributed by atoms with Crippen molar-refractivity contribution in [3.05, 3.63) is 71.3 Å². The fraction of sp³-hybridized carbons (Fsp3) is 0.300. The lowest BCUT2D eigenvalue weighted by molar-refractivity contribution is -0.129. The number of benzene rings is 2. The van der Waals surface area contributed by atoms with Crippen LogP contribution in [-0.4, -0.2) is 23.3 Å². The maximum absolute atomic E-state index is 12.3. The van der Waals surface area contributed by atoms with E-state index >= 15 is 0 Å². The topological polar surface area (TPSA) is 49.4 Å². The second-order valence-electron chi connectivity index (χ2n) is 6.36. The molecule has 4 nitrogen and oxygen atoms in total. The van der Waals surface area contributed by atoms with Crippen LogP contribution in [0.15, 0.2) is 54.6 Å². The van der Waals surface area contributed by atoms with Crippen molar-refractivity contribution in [1.82, 2.24) is 10.2 Å². The van der Waals surface area contributed by atoms with Gasteiger partial charge in [-0.05, 0) is 18.1 Å². The summed E-state index contributed by atoms with van der Waals surface area (Å²) in [6.45, 7) is 3.61. The summed E-state index contributed by atoms with van der Waals surface area (Å²) >= 11 is 0. The lowest BCUT2D eigenvalue weighted by Crippen LogP contribution is -2.32. The number of rotatable bonds is 5. The van der Waals surface area contributed by atoms with Crippen LogP contribution in [-0.2, 0) is 22.7 Å². The van der Waals surface area contributed by atoms with Gasteiger partial charge in [-0.15, -0.1) is 0 Å². The molecule has 0 radical (unpaired) electrons. The van der Waals surface area contributed by atoms with Gasteiger partial charge in [-0.25, -0.2) is 0 Å². The lowest BCUT2D eigenvalue weighted by Gasteiger charge is -2.17. The van der Waals surface area contributed by atoms with E-state index in [1.54, 1.807) is 4.90 Å². The highest BCUT2D eigenvalue weighted by molar-refractivity contribution is 5.89. The van der Waals surface area contributed by atoms with Crippen LogP contribution in [0.2, 0.25) is 0 Å². The number of nitrogens with one attached hydrogen (secondary N) is 1. The van der Waals surface area contributed by atoms with Crippen LogP contribution < -0.4 is 5.32 Å². The van der Waals surface area contributed by atoms with Gasteiger partial charge in [0.15, 0.2) is 0 Å². The second kappa shape index (κ2) is 7.30. The molecular formula is C20H22N2O2.